The van der Waals surface area contributed by atoms with Crippen molar-refractivity contribution in [2.75, 3.05) is 218 Å². The molecule has 0 amide bonds. The van der Waals surface area contributed by atoms with Gasteiger partial charge in [0, 0.05) is 64.9 Å². The van der Waals surface area contributed by atoms with E-state index in [4.69, 9.17) is 42.6 Å². The first-order valence-corrected chi connectivity index (χ1v) is 59.2. The van der Waals surface area contributed by atoms with E-state index >= 15 is 0 Å². The third-order valence-electron chi connectivity index (χ3n) is 32.3. The summed E-state index contributed by atoms with van der Waals surface area (Å²) in [6.45, 7) is 86.0. The lowest BCUT2D eigenvalue weighted by Gasteiger charge is -2.30. The molecule has 9 fully saturated rings. The molecule has 0 aromatic rings. The largest absolute Gasteiger partial charge is 0.465 e. The highest BCUT2D eigenvalue weighted by atomic mass is 16.6. The Balaban J connectivity index is 0.000000828. The number of likely N-dealkylation sites (tertiary alicyclic amines) is 8. The van der Waals surface area contributed by atoms with Gasteiger partial charge < -0.3 is 52.4 Å². The van der Waals surface area contributed by atoms with Crippen LogP contribution in [-0.2, 0) is 85.8 Å². The zero-order valence-electron chi connectivity index (χ0n) is 101. The molecule has 0 radical (unpaired) electrons. The van der Waals surface area contributed by atoms with Crippen molar-refractivity contribution in [3.05, 3.63) is 0 Å². The van der Waals surface area contributed by atoms with E-state index in [0.717, 1.165) is 200 Å². The standard InChI is InChI=1S/C15H29NO2.C14H25NO2.3C14H27NO2.3C13H25NO2.C10H22NO2/c1-4-15(2,3)14(17)18-13-12-16-10-8-6-5-7-9-11-16;1-4-14(2,3)13(16)17-8-7-15-10-11-5-6-12(15)9-11;1-5-14(3,4)13(16)17-12(2)11-15-9-7-6-8-10-15;1-4-14(2,3)13(16)17-12-8-11-15-9-6-5-7-10-15;1-4-14(2,3)13(16)17-12-11-15-9-7-5-6-8-10-15;1-5-13(3,4)12(15)16-11(2)10-14-8-6-7-9-14;1-4-13(2,3)12(15)16-11-7-10-14-8-5-6-9-14;1-4-13(2,3)12(15)16-11-10-14-8-6-5-7-9-14;1-7-10(2,3)9(12)13-8-11(4,5)6/h4-13H2,1-3H3;11-12H,4-10H2,1-3H3;12H,5-11H2,1-4H3;2*4-12H2,1-3H3;11H,5-10H2,1-4H3;2*4-11H2,1-3H3;7-8H2,1-6H3/q;;;;;;;;+1. The van der Waals surface area contributed by atoms with Gasteiger partial charge in [0.15, 0.2) is 0 Å². The van der Waals surface area contributed by atoms with Crippen LogP contribution < -0.4 is 0 Å². The Hall–Kier alpha value is -5.13. The van der Waals surface area contributed by atoms with E-state index in [0.29, 0.717) is 50.9 Å². The number of rotatable bonds is 46. The number of ether oxygens (including phenoxy) is 9. The van der Waals surface area contributed by atoms with Crippen molar-refractivity contribution in [2.45, 2.75) is 450 Å². The smallest absolute Gasteiger partial charge is 0.315 e. The molecule has 0 N–H and O–H groups in total. The molecule has 8 heterocycles. The minimum Gasteiger partial charge on any atom is -0.465 e. The van der Waals surface area contributed by atoms with E-state index in [-0.39, 0.29) is 115 Å². The number of nitrogens with zero attached hydrogens (tertiary/aromatic N) is 9. The molecule has 27 heteroatoms. The fourth-order valence-corrected chi connectivity index (χ4v) is 17.0. The fraction of sp³-hybridized carbons (Fsp3) is 0.925. The molecule has 27 nitrogen and oxygen atoms in total. The summed E-state index contributed by atoms with van der Waals surface area (Å²) < 4.78 is 48.9. The number of hydrogen-bond donors (Lipinski definition) is 0. The molecule has 864 valence electrons. The van der Waals surface area contributed by atoms with Gasteiger partial charge in [-0.3, -0.25) is 77.0 Å². The predicted octanol–water partition coefficient (Wildman–Crippen LogP) is 23.2. The normalized spacial score (nSPS) is 19.4. The number of hydrogen-bond acceptors (Lipinski definition) is 26. The van der Waals surface area contributed by atoms with Crippen LogP contribution in [0, 0.1) is 54.7 Å². The molecule has 1 aliphatic carbocycles. The van der Waals surface area contributed by atoms with E-state index < -0.39 is 0 Å². The molecule has 1 saturated carbocycles. The Labute approximate surface area is 901 Å². The summed E-state index contributed by atoms with van der Waals surface area (Å²) >= 11 is 0. The van der Waals surface area contributed by atoms with Gasteiger partial charge in [-0.2, -0.15) is 0 Å². The first kappa shape index (κ1) is 140. The zero-order valence-corrected chi connectivity index (χ0v) is 101. The summed E-state index contributed by atoms with van der Waals surface area (Å²) in [7, 11) is 5.98. The van der Waals surface area contributed by atoms with Gasteiger partial charge in [-0.25, -0.2) is 0 Å². The topological polar surface area (TPSA) is 263 Å². The Morgan fingerprint density at radius 1 is 0.252 bits per heavy atom. The van der Waals surface area contributed by atoms with Crippen molar-refractivity contribution in [1.29, 1.82) is 0 Å². The van der Waals surface area contributed by atoms with E-state index in [1.165, 1.54) is 193 Å². The van der Waals surface area contributed by atoms with Gasteiger partial charge in [0.05, 0.1) is 83.1 Å². The average Bonchev–Trinajstić information content (AvgIpc) is 1.67. The summed E-state index contributed by atoms with van der Waals surface area (Å²) in [5.41, 5.74) is -3.04. The van der Waals surface area contributed by atoms with Crippen molar-refractivity contribution >= 4 is 53.7 Å². The average molecular weight is 2090 g/mol. The summed E-state index contributed by atoms with van der Waals surface area (Å²) in [5.74, 6) is 0.329. The molecule has 0 aromatic carbocycles. The molecule has 9 aliphatic rings. The van der Waals surface area contributed by atoms with Gasteiger partial charge in [-0.1, -0.05) is 114 Å². The monoisotopic (exact) mass is 2090 g/mol. The van der Waals surface area contributed by atoms with Gasteiger partial charge in [0.2, 0.25) is 6.73 Å². The number of esters is 9. The summed E-state index contributed by atoms with van der Waals surface area (Å²) in [5, 5.41) is 0. The Morgan fingerprint density at radius 2 is 0.449 bits per heavy atom. The lowest BCUT2D eigenvalue weighted by Crippen LogP contribution is -2.40. The highest BCUT2D eigenvalue weighted by Gasteiger charge is 2.40. The van der Waals surface area contributed by atoms with Crippen LogP contribution in [0.4, 0.5) is 0 Å². The van der Waals surface area contributed by atoms with Gasteiger partial charge >= 0.3 is 53.7 Å². The molecule has 4 unspecified atom stereocenters. The molecular formula is C120H232N9O18+. The van der Waals surface area contributed by atoms with Crippen LogP contribution in [0.5, 0.6) is 0 Å². The Bertz CT molecular complexity index is 3510. The molecule has 4 atom stereocenters. The number of carbonyl (C=O) groups excluding carboxylic acids is 9. The molecule has 147 heavy (non-hydrogen) atoms. The van der Waals surface area contributed by atoms with Crippen LogP contribution in [-0.4, -0.2) is 334 Å². The second-order valence-electron chi connectivity index (χ2n) is 50.4. The van der Waals surface area contributed by atoms with Crippen LogP contribution in [0.2, 0.25) is 0 Å². The minimum absolute atomic E-state index is 0.00595. The molecule has 8 aliphatic heterocycles. The fourth-order valence-electron chi connectivity index (χ4n) is 17.0. The zero-order chi connectivity index (χ0) is 111. The molecule has 9 rings (SSSR count). The lowest BCUT2D eigenvalue weighted by atomic mass is 9.90. The van der Waals surface area contributed by atoms with Crippen molar-refractivity contribution in [1.82, 2.24) is 39.2 Å². The van der Waals surface area contributed by atoms with Crippen molar-refractivity contribution < 1.29 is 90.3 Å². The van der Waals surface area contributed by atoms with Crippen LogP contribution in [0.1, 0.15) is 432 Å². The second-order valence-corrected chi connectivity index (χ2v) is 50.4. The van der Waals surface area contributed by atoms with Crippen LogP contribution in [0.25, 0.3) is 0 Å². The first-order valence-electron chi connectivity index (χ1n) is 59.2. The molecule has 8 saturated heterocycles. The van der Waals surface area contributed by atoms with Crippen molar-refractivity contribution in [3.8, 4) is 0 Å². The van der Waals surface area contributed by atoms with E-state index in [9.17, 15) is 43.2 Å². The number of quaternary nitrogens is 1. The maximum atomic E-state index is 11.9. The highest BCUT2D eigenvalue weighted by molar-refractivity contribution is 5.79. The Morgan fingerprint density at radius 3 is 0.673 bits per heavy atom. The summed E-state index contributed by atoms with van der Waals surface area (Å²) in [6.07, 6.45) is 42.4. The second kappa shape index (κ2) is 74.1. The van der Waals surface area contributed by atoms with Crippen molar-refractivity contribution in [2.24, 2.45) is 54.7 Å². The van der Waals surface area contributed by atoms with E-state index in [2.05, 4.69) is 39.2 Å². The minimum atomic E-state index is -0.352. The quantitative estimate of drug-likeness (QED) is 0.0180. The Kier molecular flexibility index (Phi) is 70.5. The SMILES string of the molecule is CCC(C)(C)C(=O)OC(C)CN1CCCC1.CCC(C)(C)C(=O)OC(C)CN1CCCCC1.CCC(C)(C)C(=O)OCCCN1CCCC1.CCC(C)(C)C(=O)OCCCN1CCCCC1.CCC(C)(C)C(=O)OCCN1CC2CCC1C2.CCC(C)(C)C(=O)OCCN1CCCCC1.CCC(C)(C)C(=O)OCCN1CCCCCC1.CCC(C)(C)C(=O)OCCN1CCCCCCC1.CCC(C)(C)C(=O)OC[N+](C)(C)C. The number of carbonyl (C=O) groups is 9. The van der Waals surface area contributed by atoms with Gasteiger partial charge in [-0.05, 0) is 416 Å². The summed E-state index contributed by atoms with van der Waals surface area (Å²) in [6, 6.07) is 0.776. The maximum absolute atomic E-state index is 11.9. The third kappa shape index (κ3) is 61.7. The number of fused-ring (bicyclic) bond motifs is 2. The molecule has 0 spiro atoms. The molecule has 0 aromatic heterocycles. The van der Waals surface area contributed by atoms with E-state index in [1.807, 2.05) is 222 Å². The predicted molar refractivity (Wildman–Crippen MR) is 601 cm³/mol. The molecule has 2 bridgehead atoms. The lowest BCUT2D eigenvalue weighted by molar-refractivity contribution is -0.888. The van der Waals surface area contributed by atoms with Gasteiger partial charge in [0.25, 0.3) is 0 Å². The number of piperidine rings is 4. The van der Waals surface area contributed by atoms with Crippen LogP contribution in [0.15, 0.2) is 0 Å². The first-order chi connectivity index (χ1) is 68.9. The van der Waals surface area contributed by atoms with E-state index in [1.54, 1.807) is 0 Å². The van der Waals surface area contributed by atoms with Gasteiger partial charge in [0.1, 0.15) is 38.6 Å². The third-order valence-corrected chi connectivity index (χ3v) is 32.3. The van der Waals surface area contributed by atoms with Crippen LogP contribution in [0.3, 0.4) is 0 Å². The van der Waals surface area contributed by atoms with Crippen LogP contribution >= 0.6 is 0 Å². The summed E-state index contributed by atoms with van der Waals surface area (Å²) in [4.78, 5) is 125. The molecular weight excluding hydrogens is 1860 g/mol. The highest BCUT2D eigenvalue weighted by Crippen LogP contribution is 2.38. The van der Waals surface area contributed by atoms with Gasteiger partial charge in [-0.15, -0.1) is 0 Å². The van der Waals surface area contributed by atoms with Crippen molar-refractivity contribution in [3.63, 3.8) is 0 Å². The maximum Gasteiger partial charge on any atom is 0.315 e.